The second-order valence-electron chi connectivity index (χ2n) is 4.76. The highest BCUT2D eigenvalue weighted by Gasteiger charge is 2.22. The molecule has 0 radical (unpaired) electrons. The predicted molar refractivity (Wildman–Crippen MR) is 61.1 cm³/mol. The van der Waals surface area contributed by atoms with Crippen molar-refractivity contribution < 1.29 is 0 Å². The van der Waals surface area contributed by atoms with Crippen molar-refractivity contribution in [3.63, 3.8) is 0 Å². The van der Waals surface area contributed by atoms with Gasteiger partial charge in [0.1, 0.15) is 0 Å². The lowest BCUT2D eigenvalue weighted by Crippen LogP contribution is -2.29. The van der Waals surface area contributed by atoms with Crippen LogP contribution in [0.2, 0.25) is 0 Å². The van der Waals surface area contributed by atoms with E-state index in [-0.39, 0.29) is 0 Å². The van der Waals surface area contributed by atoms with Gasteiger partial charge in [0.25, 0.3) is 0 Å². The Morgan fingerprint density at radius 3 is 3.07 bits per heavy atom. The molecule has 1 saturated heterocycles. The van der Waals surface area contributed by atoms with Crippen LogP contribution in [0.3, 0.4) is 0 Å². The molecule has 15 heavy (non-hydrogen) atoms. The first-order valence-electron chi connectivity index (χ1n) is 6.11. The Morgan fingerprint density at radius 2 is 2.20 bits per heavy atom. The number of hydrogen-bond donors (Lipinski definition) is 1. The summed E-state index contributed by atoms with van der Waals surface area (Å²) < 4.78 is 0. The topological polar surface area (TPSA) is 24.9 Å². The summed E-state index contributed by atoms with van der Waals surface area (Å²) in [4.78, 5) is 4.40. The molecule has 1 atom stereocenters. The summed E-state index contributed by atoms with van der Waals surface area (Å²) in [6, 6.07) is 0. The zero-order valence-electron chi connectivity index (χ0n) is 9.13. The Labute approximate surface area is 91.1 Å². The number of aryl methyl sites for hydroxylation is 1. The zero-order chi connectivity index (χ0) is 10.1. The highest BCUT2D eigenvalue weighted by molar-refractivity contribution is 5.38. The summed E-state index contributed by atoms with van der Waals surface area (Å²) in [5, 5.41) is 3.50. The van der Waals surface area contributed by atoms with Gasteiger partial charge in [-0.1, -0.05) is 0 Å². The lowest BCUT2D eigenvalue weighted by molar-refractivity contribution is 0.459. The fourth-order valence-electron chi connectivity index (χ4n) is 2.99. The van der Waals surface area contributed by atoms with Gasteiger partial charge in [-0.3, -0.25) is 4.98 Å². The molecule has 0 bridgehead atoms. The van der Waals surface area contributed by atoms with Crippen LogP contribution >= 0.6 is 0 Å². The van der Waals surface area contributed by atoms with Crippen molar-refractivity contribution in [3.8, 4) is 0 Å². The van der Waals surface area contributed by atoms with Crippen LogP contribution in [-0.2, 0) is 12.8 Å². The Hall–Kier alpha value is -0.890. The van der Waals surface area contributed by atoms with Crippen molar-refractivity contribution in [3.05, 3.63) is 29.1 Å². The highest BCUT2D eigenvalue weighted by atomic mass is 14.9. The van der Waals surface area contributed by atoms with Crippen molar-refractivity contribution >= 4 is 0 Å². The van der Waals surface area contributed by atoms with Crippen molar-refractivity contribution in [1.82, 2.24) is 10.3 Å². The normalized spacial score (nSPS) is 25.2. The number of nitrogens with zero attached hydrogens (tertiary/aromatic N) is 1. The molecule has 2 aliphatic rings. The molecule has 1 aliphatic carbocycles. The van der Waals surface area contributed by atoms with E-state index in [4.69, 9.17) is 0 Å². The van der Waals surface area contributed by atoms with E-state index in [0.29, 0.717) is 0 Å². The number of rotatable bonds is 1. The number of aromatic nitrogens is 1. The Balaban J connectivity index is 1.93. The van der Waals surface area contributed by atoms with Gasteiger partial charge in [0.15, 0.2) is 0 Å². The Bertz CT molecular complexity index is 354. The summed E-state index contributed by atoms with van der Waals surface area (Å²) in [7, 11) is 0. The average Bonchev–Trinajstić information content (AvgIpc) is 2.78. The van der Waals surface area contributed by atoms with Crippen LogP contribution in [0.1, 0.15) is 41.9 Å². The summed E-state index contributed by atoms with van der Waals surface area (Å²) in [6.07, 6.45) is 10.7. The number of fused-ring (bicyclic) bond motifs is 1. The van der Waals surface area contributed by atoms with Crippen LogP contribution in [-0.4, -0.2) is 18.1 Å². The van der Waals surface area contributed by atoms with E-state index in [0.717, 1.165) is 12.5 Å². The minimum absolute atomic E-state index is 0.722. The quantitative estimate of drug-likeness (QED) is 0.753. The Morgan fingerprint density at radius 1 is 1.20 bits per heavy atom. The lowest BCUT2D eigenvalue weighted by Gasteiger charge is -2.24. The maximum absolute atomic E-state index is 4.40. The molecule has 3 rings (SSSR count). The van der Waals surface area contributed by atoms with Gasteiger partial charge in [0.2, 0.25) is 0 Å². The molecule has 1 unspecified atom stereocenters. The van der Waals surface area contributed by atoms with Gasteiger partial charge in [0, 0.05) is 18.9 Å². The van der Waals surface area contributed by atoms with Gasteiger partial charge in [-0.2, -0.15) is 0 Å². The van der Waals surface area contributed by atoms with Gasteiger partial charge < -0.3 is 5.32 Å². The fraction of sp³-hybridized carbons (Fsp3) is 0.615. The lowest BCUT2D eigenvalue weighted by atomic mass is 9.88. The first-order valence-corrected chi connectivity index (χ1v) is 6.11. The van der Waals surface area contributed by atoms with Crippen molar-refractivity contribution in [2.24, 2.45) is 0 Å². The average molecular weight is 202 g/mol. The first-order chi connectivity index (χ1) is 7.45. The first kappa shape index (κ1) is 9.34. The second kappa shape index (κ2) is 3.93. The molecule has 1 aromatic heterocycles. The third-order valence-electron chi connectivity index (χ3n) is 3.79. The minimum atomic E-state index is 0.722. The van der Waals surface area contributed by atoms with Crippen molar-refractivity contribution in [2.45, 2.75) is 38.0 Å². The molecule has 2 nitrogen and oxygen atoms in total. The molecule has 0 amide bonds. The zero-order valence-corrected chi connectivity index (χ0v) is 9.13. The molecular weight excluding hydrogens is 184 g/mol. The summed E-state index contributed by atoms with van der Waals surface area (Å²) >= 11 is 0. The second-order valence-corrected chi connectivity index (χ2v) is 4.76. The monoisotopic (exact) mass is 202 g/mol. The standard InChI is InChI=1S/C13H18N2/c1-3-10-8-15-9-13(12(10)5-1)11-4-2-6-14-7-11/h8-9,11,14H,1-7H2. The van der Waals surface area contributed by atoms with Crippen molar-refractivity contribution in [2.75, 3.05) is 13.1 Å². The van der Waals surface area contributed by atoms with E-state index in [1.807, 2.05) is 0 Å². The summed E-state index contributed by atoms with van der Waals surface area (Å²) in [5.41, 5.74) is 4.67. The third-order valence-corrected chi connectivity index (χ3v) is 3.79. The van der Waals surface area contributed by atoms with Gasteiger partial charge in [-0.15, -0.1) is 0 Å². The minimum Gasteiger partial charge on any atom is -0.316 e. The summed E-state index contributed by atoms with van der Waals surface area (Å²) in [6.45, 7) is 2.34. The predicted octanol–water partition coefficient (Wildman–Crippen LogP) is 2.04. The van der Waals surface area contributed by atoms with Crippen LogP contribution in [0, 0.1) is 0 Å². The molecule has 2 heteroatoms. The number of pyridine rings is 1. The van der Waals surface area contributed by atoms with E-state index >= 15 is 0 Å². The smallest absolute Gasteiger partial charge is 0.0306 e. The molecule has 1 N–H and O–H groups in total. The molecule has 2 heterocycles. The van der Waals surface area contributed by atoms with Crippen molar-refractivity contribution in [1.29, 1.82) is 0 Å². The molecule has 0 spiro atoms. The molecule has 0 aromatic carbocycles. The molecular formula is C13H18N2. The number of piperidine rings is 1. The van der Waals surface area contributed by atoms with Crippen LogP contribution in [0.15, 0.2) is 12.4 Å². The summed E-state index contributed by atoms with van der Waals surface area (Å²) in [5.74, 6) is 0.722. The highest BCUT2D eigenvalue weighted by Crippen LogP contribution is 2.31. The van der Waals surface area contributed by atoms with Crippen LogP contribution in [0.4, 0.5) is 0 Å². The van der Waals surface area contributed by atoms with Crippen LogP contribution in [0.25, 0.3) is 0 Å². The Kier molecular flexibility index (Phi) is 2.45. The fourth-order valence-corrected chi connectivity index (χ4v) is 2.99. The molecule has 0 saturated carbocycles. The van der Waals surface area contributed by atoms with Gasteiger partial charge in [0.05, 0.1) is 0 Å². The maximum atomic E-state index is 4.40. The SMILES string of the molecule is c1ncc(C2CCCNC2)c2c1CCC2. The maximum Gasteiger partial charge on any atom is 0.0306 e. The van der Waals surface area contributed by atoms with E-state index in [1.54, 1.807) is 5.56 Å². The van der Waals surface area contributed by atoms with E-state index < -0.39 is 0 Å². The molecule has 1 aromatic rings. The van der Waals surface area contributed by atoms with Gasteiger partial charge in [-0.25, -0.2) is 0 Å². The van der Waals surface area contributed by atoms with E-state index in [1.165, 1.54) is 49.8 Å². The number of nitrogens with one attached hydrogen (secondary N) is 1. The largest absolute Gasteiger partial charge is 0.316 e. The van der Waals surface area contributed by atoms with Gasteiger partial charge >= 0.3 is 0 Å². The van der Waals surface area contributed by atoms with E-state index in [9.17, 15) is 0 Å². The van der Waals surface area contributed by atoms with Crippen LogP contribution in [0.5, 0.6) is 0 Å². The molecule has 80 valence electrons. The molecule has 1 aliphatic heterocycles. The van der Waals surface area contributed by atoms with Crippen LogP contribution < -0.4 is 5.32 Å². The van der Waals surface area contributed by atoms with Gasteiger partial charge in [-0.05, 0) is 61.3 Å². The van der Waals surface area contributed by atoms with E-state index in [2.05, 4.69) is 22.7 Å². The molecule has 1 fully saturated rings. The third kappa shape index (κ3) is 1.67. The number of hydrogen-bond acceptors (Lipinski definition) is 2.